The minimum absolute atomic E-state index is 0.434. The average molecular weight is 245 g/mol. The molecule has 0 aliphatic heterocycles. The van der Waals surface area contributed by atoms with Crippen LogP contribution in [0.25, 0.3) is 0 Å². The predicted molar refractivity (Wildman–Crippen MR) is 70.9 cm³/mol. The van der Waals surface area contributed by atoms with Crippen LogP contribution in [-0.2, 0) is 0 Å². The molecule has 6 heteroatoms. The van der Waals surface area contributed by atoms with Gasteiger partial charge >= 0.3 is 0 Å². The van der Waals surface area contributed by atoms with E-state index in [9.17, 15) is 0 Å². The molecule has 18 heavy (non-hydrogen) atoms. The number of hydrogen-bond donors (Lipinski definition) is 3. The van der Waals surface area contributed by atoms with Gasteiger partial charge in [-0.15, -0.1) is 0 Å². The van der Waals surface area contributed by atoms with E-state index in [-0.39, 0.29) is 0 Å². The van der Waals surface area contributed by atoms with Gasteiger partial charge in [-0.05, 0) is 18.6 Å². The van der Waals surface area contributed by atoms with Crippen LogP contribution in [0.3, 0.4) is 0 Å². The van der Waals surface area contributed by atoms with Crippen molar-refractivity contribution in [2.75, 3.05) is 17.9 Å². The molecule has 0 radical (unpaired) electrons. The molecule has 0 spiro atoms. The molecule has 2 rings (SSSR count). The molecule has 94 valence electrons. The molecule has 1 aromatic carbocycles. The Balaban J connectivity index is 2.37. The largest absolute Gasteiger partial charge is 0.490 e. The van der Waals surface area contributed by atoms with Gasteiger partial charge in [0.05, 0.1) is 7.11 Å². The Bertz CT molecular complexity index is 544. The van der Waals surface area contributed by atoms with Crippen molar-refractivity contribution < 1.29 is 4.74 Å². The topological polar surface area (TPSA) is 85.1 Å². The van der Waals surface area contributed by atoms with Gasteiger partial charge in [-0.1, -0.05) is 18.2 Å². The summed E-state index contributed by atoms with van der Waals surface area (Å²) in [5.74, 6) is 6.84. The second-order valence-electron chi connectivity index (χ2n) is 3.69. The lowest BCUT2D eigenvalue weighted by Crippen LogP contribution is -2.11. The molecule has 0 fully saturated rings. The molecule has 0 amide bonds. The van der Waals surface area contributed by atoms with Gasteiger partial charge in [-0.25, -0.2) is 15.8 Å². The van der Waals surface area contributed by atoms with Crippen LogP contribution >= 0.6 is 0 Å². The van der Waals surface area contributed by atoms with Crippen LogP contribution in [0.5, 0.6) is 5.75 Å². The molecule has 0 aliphatic rings. The van der Waals surface area contributed by atoms with E-state index in [4.69, 9.17) is 10.6 Å². The summed E-state index contributed by atoms with van der Waals surface area (Å²) in [4.78, 5) is 8.13. The van der Waals surface area contributed by atoms with E-state index in [0.29, 0.717) is 17.4 Å². The van der Waals surface area contributed by atoms with Gasteiger partial charge in [-0.3, -0.25) is 0 Å². The Labute approximate surface area is 105 Å². The normalized spacial score (nSPS) is 9.94. The standard InChI is InChI=1S/C12H15N5O/c1-8-5-3-4-6-9(8)16-11-10(18-2)12(17-13)15-7-14-11/h3-7H,13H2,1-2H3,(H2,14,15,16,17). The van der Waals surface area contributed by atoms with Crippen LogP contribution in [0.4, 0.5) is 17.3 Å². The first-order chi connectivity index (χ1) is 8.76. The van der Waals surface area contributed by atoms with Crippen molar-refractivity contribution in [2.24, 2.45) is 5.84 Å². The van der Waals surface area contributed by atoms with Crippen LogP contribution in [-0.4, -0.2) is 17.1 Å². The third-order valence-corrected chi connectivity index (χ3v) is 2.54. The van der Waals surface area contributed by atoms with Gasteiger partial charge < -0.3 is 15.5 Å². The zero-order valence-electron chi connectivity index (χ0n) is 10.3. The van der Waals surface area contributed by atoms with Crippen LogP contribution in [0.2, 0.25) is 0 Å². The maximum absolute atomic E-state index is 5.37. The Morgan fingerprint density at radius 1 is 1.17 bits per heavy atom. The molecule has 0 saturated carbocycles. The van der Waals surface area contributed by atoms with Crippen molar-refractivity contribution in [2.45, 2.75) is 6.92 Å². The van der Waals surface area contributed by atoms with Gasteiger partial charge in [0.2, 0.25) is 5.75 Å². The summed E-state index contributed by atoms with van der Waals surface area (Å²) in [6.45, 7) is 2.01. The van der Waals surface area contributed by atoms with Gasteiger partial charge in [0.15, 0.2) is 11.6 Å². The molecule has 0 aliphatic carbocycles. The molecule has 0 unspecified atom stereocenters. The van der Waals surface area contributed by atoms with Crippen LogP contribution in [0, 0.1) is 6.92 Å². The molecule has 2 aromatic rings. The summed E-state index contributed by atoms with van der Waals surface area (Å²) in [6, 6.07) is 7.90. The van der Waals surface area contributed by atoms with E-state index in [1.807, 2.05) is 31.2 Å². The predicted octanol–water partition coefficient (Wildman–Crippen LogP) is 1.82. The number of nitrogens with zero attached hydrogens (tertiary/aromatic N) is 2. The van der Waals surface area contributed by atoms with Crippen molar-refractivity contribution in [3.8, 4) is 5.75 Å². The highest BCUT2D eigenvalue weighted by Crippen LogP contribution is 2.31. The zero-order chi connectivity index (χ0) is 13.0. The van der Waals surface area contributed by atoms with Crippen molar-refractivity contribution in [1.82, 2.24) is 9.97 Å². The van der Waals surface area contributed by atoms with Crippen LogP contribution < -0.4 is 21.3 Å². The molecule has 0 atom stereocenters. The fourth-order valence-corrected chi connectivity index (χ4v) is 1.60. The highest BCUT2D eigenvalue weighted by atomic mass is 16.5. The highest BCUT2D eigenvalue weighted by molar-refractivity contribution is 5.70. The van der Waals surface area contributed by atoms with Crippen molar-refractivity contribution in [3.05, 3.63) is 36.2 Å². The van der Waals surface area contributed by atoms with Gasteiger partial charge in [-0.2, -0.15) is 0 Å². The van der Waals surface area contributed by atoms with Crippen LogP contribution in [0.1, 0.15) is 5.56 Å². The minimum atomic E-state index is 0.434. The van der Waals surface area contributed by atoms with E-state index in [1.54, 1.807) is 7.11 Å². The van der Waals surface area contributed by atoms with E-state index < -0.39 is 0 Å². The summed E-state index contributed by atoms with van der Waals surface area (Å²) in [5, 5.41) is 3.19. The minimum Gasteiger partial charge on any atom is -0.490 e. The summed E-state index contributed by atoms with van der Waals surface area (Å²) in [5.41, 5.74) is 4.54. The summed E-state index contributed by atoms with van der Waals surface area (Å²) in [6.07, 6.45) is 1.42. The molecule has 6 nitrogen and oxygen atoms in total. The average Bonchev–Trinajstić information content (AvgIpc) is 2.41. The van der Waals surface area contributed by atoms with Crippen molar-refractivity contribution in [1.29, 1.82) is 0 Å². The molecule has 0 bridgehead atoms. The lowest BCUT2D eigenvalue weighted by molar-refractivity contribution is 0.415. The number of ether oxygens (including phenoxy) is 1. The second-order valence-corrected chi connectivity index (χ2v) is 3.69. The Hall–Kier alpha value is -2.34. The summed E-state index contributed by atoms with van der Waals surface area (Å²) < 4.78 is 5.25. The maximum Gasteiger partial charge on any atom is 0.205 e. The number of aryl methyl sites for hydroxylation is 1. The summed E-state index contributed by atoms with van der Waals surface area (Å²) >= 11 is 0. The fraction of sp³-hybridized carbons (Fsp3) is 0.167. The molecular weight excluding hydrogens is 230 g/mol. The third kappa shape index (κ3) is 2.33. The van der Waals surface area contributed by atoms with Gasteiger partial charge in [0.1, 0.15) is 6.33 Å². The number of para-hydroxylation sites is 1. The molecule has 0 saturated heterocycles. The van der Waals surface area contributed by atoms with Gasteiger partial charge in [0.25, 0.3) is 0 Å². The number of benzene rings is 1. The van der Waals surface area contributed by atoms with E-state index >= 15 is 0 Å². The first-order valence-corrected chi connectivity index (χ1v) is 5.44. The number of hydrazine groups is 1. The SMILES string of the molecule is COc1c(NN)ncnc1Nc1ccccc1C. The van der Waals surface area contributed by atoms with Crippen molar-refractivity contribution >= 4 is 17.3 Å². The molecule has 1 heterocycles. The number of methoxy groups -OCH3 is 1. The lowest BCUT2D eigenvalue weighted by atomic mass is 10.2. The summed E-state index contributed by atoms with van der Waals surface area (Å²) in [7, 11) is 1.54. The number of rotatable bonds is 4. The highest BCUT2D eigenvalue weighted by Gasteiger charge is 2.11. The van der Waals surface area contributed by atoms with Gasteiger partial charge in [0, 0.05) is 5.69 Å². The monoisotopic (exact) mass is 245 g/mol. The lowest BCUT2D eigenvalue weighted by Gasteiger charge is -2.13. The molecule has 4 N–H and O–H groups in total. The Kier molecular flexibility index (Phi) is 3.59. The first kappa shape index (κ1) is 12.1. The zero-order valence-corrected chi connectivity index (χ0v) is 10.3. The number of nitrogens with two attached hydrogens (primary N) is 1. The molecule has 1 aromatic heterocycles. The first-order valence-electron chi connectivity index (χ1n) is 5.44. The number of nitrogen functional groups attached to an aromatic ring is 1. The number of anilines is 3. The number of hydrogen-bond acceptors (Lipinski definition) is 6. The Morgan fingerprint density at radius 2 is 1.89 bits per heavy atom. The third-order valence-electron chi connectivity index (χ3n) is 2.54. The smallest absolute Gasteiger partial charge is 0.205 e. The quantitative estimate of drug-likeness (QED) is 0.563. The van der Waals surface area contributed by atoms with E-state index in [0.717, 1.165) is 11.3 Å². The number of nitrogens with one attached hydrogen (secondary N) is 2. The van der Waals surface area contributed by atoms with Crippen LogP contribution in [0.15, 0.2) is 30.6 Å². The Morgan fingerprint density at radius 3 is 2.56 bits per heavy atom. The van der Waals surface area contributed by atoms with Crippen molar-refractivity contribution in [3.63, 3.8) is 0 Å². The number of aromatic nitrogens is 2. The van der Waals surface area contributed by atoms with E-state index in [2.05, 4.69) is 20.7 Å². The maximum atomic E-state index is 5.37. The molecular formula is C12H15N5O. The second kappa shape index (κ2) is 5.33. The van der Waals surface area contributed by atoms with E-state index in [1.165, 1.54) is 6.33 Å². The fourth-order valence-electron chi connectivity index (χ4n) is 1.60.